The molecule has 132 valence electrons. The Morgan fingerprint density at radius 1 is 1.48 bits per heavy atom. The largest absolute Gasteiger partial charge is 0.383 e. The van der Waals surface area contributed by atoms with Crippen molar-refractivity contribution in [2.24, 2.45) is 4.99 Å². The normalized spacial score (nSPS) is 12.3. The minimum absolute atomic E-state index is 0. The zero-order chi connectivity index (χ0) is 16.4. The highest BCUT2D eigenvalue weighted by Crippen LogP contribution is 2.07. The standard InChI is InChI=1S/C15H26N4O2S.HI/c1-12(11-21-4)18-15(17-10-14(20)19(2)3)16-8-7-13-6-5-9-22-13;/h5-6,9,12H,7-8,10-11H2,1-4H3,(H2,16,17,18);1H. The van der Waals surface area contributed by atoms with Gasteiger partial charge in [-0.1, -0.05) is 6.07 Å². The summed E-state index contributed by atoms with van der Waals surface area (Å²) in [4.78, 5) is 18.9. The maximum atomic E-state index is 11.7. The molecule has 1 heterocycles. The van der Waals surface area contributed by atoms with Crippen LogP contribution in [0.25, 0.3) is 0 Å². The summed E-state index contributed by atoms with van der Waals surface area (Å²) in [5.41, 5.74) is 0. The van der Waals surface area contributed by atoms with Crippen LogP contribution in [0.3, 0.4) is 0 Å². The van der Waals surface area contributed by atoms with E-state index in [1.54, 1.807) is 32.5 Å². The van der Waals surface area contributed by atoms with E-state index in [2.05, 4.69) is 27.1 Å². The third-order valence-electron chi connectivity index (χ3n) is 2.91. The Hall–Kier alpha value is -0.870. The summed E-state index contributed by atoms with van der Waals surface area (Å²) in [6.45, 7) is 3.48. The first-order valence-electron chi connectivity index (χ1n) is 7.29. The number of rotatable bonds is 8. The van der Waals surface area contributed by atoms with Crippen molar-refractivity contribution in [1.29, 1.82) is 0 Å². The number of thiophene rings is 1. The molecule has 0 spiro atoms. The predicted octanol–water partition coefficient (Wildman–Crippen LogP) is 1.57. The van der Waals surface area contributed by atoms with Gasteiger partial charge in [-0.3, -0.25) is 4.79 Å². The summed E-state index contributed by atoms with van der Waals surface area (Å²) in [7, 11) is 5.11. The predicted molar refractivity (Wildman–Crippen MR) is 107 cm³/mol. The smallest absolute Gasteiger partial charge is 0.243 e. The number of amides is 1. The van der Waals surface area contributed by atoms with E-state index >= 15 is 0 Å². The van der Waals surface area contributed by atoms with Crippen molar-refractivity contribution >= 4 is 47.2 Å². The third kappa shape index (κ3) is 9.77. The van der Waals surface area contributed by atoms with E-state index < -0.39 is 0 Å². The second-order valence-electron chi connectivity index (χ2n) is 5.21. The molecule has 23 heavy (non-hydrogen) atoms. The summed E-state index contributed by atoms with van der Waals surface area (Å²) in [5.74, 6) is 0.607. The van der Waals surface area contributed by atoms with Crippen LogP contribution in [0.5, 0.6) is 0 Å². The highest BCUT2D eigenvalue weighted by molar-refractivity contribution is 14.0. The average molecular weight is 454 g/mol. The van der Waals surface area contributed by atoms with Crippen LogP contribution in [0, 0.1) is 0 Å². The number of carbonyl (C=O) groups excluding carboxylic acids is 1. The molecule has 0 aromatic carbocycles. The van der Waals surface area contributed by atoms with Crippen molar-refractivity contribution in [2.45, 2.75) is 19.4 Å². The fraction of sp³-hybridized carbons (Fsp3) is 0.600. The lowest BCUT2D eigenvalue weighted by Gasteiger charge is -2.18. The van der Waals surface area contributed by atoms with Gasteiger partial charge in [0.1, 0.15) is 6.54 Å². The molecule has 0 fully saturated rings. The van der Waals surface area contributed by atoms with Crippen LogP contribution < -0.4 is 10.6 Å². The number of halogens is 1. The number of guanidine groups is 1. The number of nitrogens with one attached hydrogen (secondary N) is 2. The van der Waals surface area contributed by atoms with Gasteiger partial charge in [-0.25, -0.2) is 4.99 Å². The number of aliphatic imine (C=N–C) groups is 1. The molecule has 1 amide bonds. The maximum absolute atomic E-state index is 11.7. The van der Waals surface area contributed by atoms with Gasteiger partial charge in [0, 0.05) is 38.7 Å². The Kier molecular flexibility index (Phi) is 12.1. The number of hydrogen-bond donors (Lipinski definition) is 2. The summed E-state index contributed by atoms with van der Waals surface area (Å²) in [5, 5.41) is 8.57. The molecule has 6 nitrogen and oxygen atoms in total. The van der Waals surface area contributed by atoms with Crippen molar-refractivity contribution in [1.82, 2.24) is 15.5 Å². The second kappa shape index (κ2) is 12.5. The van der Waals surface area contributed by atoms with Gasteiger partial charge in [-0.15, -0.1) is 35.3 Å². The van der Waals surface area contributed by atoms with Crippen LogP contribution in [0.2, 0.25) is 0 Å². The fourth-order valence-corrected chi connectivity index (χ4v) is 2.43. The molecule has 8 heteroatoms. The third-order valence-corrected chi connectivity index (χ3v) is 3.85. The molecule has 0 aliphatic rings. The van der Waals surface area contributed by atoms with Gasteiger partial charge in [-0.05, 0) is 24.8 Å². The minimum atomic E-state index is -0.0289. The second-order valence-corrected chi connectivity index (χ2v) is 6.24. The van der Waals surface area contributed by atoms with Gasteiger partial charge in [0.25, 0.3) is 0 Å². The summed E-state index contributed by atoms with van der Waals surface area (Å²) < 4.78 is 5.11. The summed E-state index contributed by atoms with van der Waals surface area (Å²) in [6, 6.07) is 4.27. The number of nitrogens with zero attached hydrogens (tertiary/aromatic N) is 2. The van der Waals surface area contributed by atoms with E-state index in [0.717, 1.165) is 13.0 Å². The first-order chi connectivity index (χ1) is 10.5. The molecule has 1 aromatic rings. The number of carbonyl (C=O) groups is 1. The van der Waals surface area contributed by atoms with Crippen molar-refractivity contribution in [3.05, 3.63) is 22.4 Å². The van der Waals surface area contributed by atoms with Crippen LogP contribution in [0.4, 0.5) is 0 Å². The summed E-state index contributed by atoms with van der Waals surface area (Å²) >= 11 is 1.74. The molecular weight excluding hydrogens is 427 g/mol. The molecule has 0 radical (unpaired) electrons. The minimum Gasteiger partial charge on any atom is -0.383 e. The van der Waals surface area contributed by atoms with Crippen LogP contribution in [-0.2, 0) is 16.0 Å². The van der Waals surface area contributed by atoms with Crippen molar-refractivity contribution < 1.29 is 9.53 Å². The van der Waals surface area contributed by atoms with Gasteiger partial charge in [-0.2, -0.15) is 0 Å². The number of methoxy groups -OCH3 is 1. The Morgan fingerprint density at radius 3 is 2.78 bits per heavy atom. The van der Waals surface area contributed by atoms with E-state index in [4.69, 9.17) is 4.74 Å². The number of ether oxygens (including phenoxy) is 1. The first-order valence-corrected chi connectivity index (χ1v) is 8.17. The Morgan fingerprint density at radius 2 is 2.22 bits per heavy atom. The quantitative estimate of drug-likeness (QED) is 0.356. The van der Waals surface area contributed by atoms with E-state index in [-0.39, 0.29) is 42.5 Å². The zero-order valence-corrected chi connectivity index (χ0v) is 17.3. The molecule has 0 aliphatic heterocycles. The van der Waals surface area contributed by atoms with E-state index in [1.165, 1.54) is 9.78 Å². The number of likely N-dealkylation sites (N-methyl/N-ethyl adjacent to an activating group) is 1. The van der Waals surface area contributed by atoms with E-state index in [0.29, 0.717) is 12.6 Å². The van der Waals surface area contributed by atoms with Crippen LogP contribution in [-0.4, -0.2) is 63.7 Å². The molecule has 0 saturated carbocycles. The van der Waals surface area contributed by atoms with Crippen LogP contribution >= 0.6 is 35.3 Å². The zero-order valence-electron chi connectivity index (χ0n) is 14.2. The monoisotopic (exact) mass is 454 g/mol. The topological polar surface area (TPSA) is 66.0 Å². The lowest BCUT2D eigenvalue weighted by atomic mass is 10.3. The van der Waals surface area contributed by atoms with Crippen molar-refractivity contribution in [3.8, 4) is 0 Å². The van der Waals surface area contributed by atoms with Crippen molar-refractivity contribution in [3.63, 3.8) is 0 Å². The highest BCUT2D eigenvalue weighted by atomic mass is 127. The van der Waals surface area contributed by atoms with Gasteiger partial charge in [0.05, 0.1) is 6.61 Å². The Labute approximate surface area is 159 Å². The van der Waals surface area contributed by atoms with Gasteiger partial charge in [0.15, 0.2) is 5.96 Å². The average Bonchev–Trinajstić information content (AvgIpc) is 2.97. The van der Waals surface area contributed by atoms with Crippen LogP contribution in [0.15, 0.2) is 22.5 Å². The molecule has 0 aliphatic carbocycles. The molecule has 2 N–H and O–H groups in total. The lowest BCUT2D eigenvalue weighted by Crippen LogP contribution is -2.45. The first kappa shape index (κ1) is 22.1. The number of hydrogen-bond acceptors (Lipinski definition) is 4. The van der Waals surface area contributed by atoms with Gasteiger partial charge >= 0.3 is 0 Å². The molecule has 1 aromatic heterocycles. The molecule has 1 rings (SSSR count). The molecule has 1 unspecified atom stereocenters. The van der Waals surface area contributed by atoms with Gasteiger partial charge < -0.3 is 20.3 Å². The van der Waals surface area contributed by atoms with E-state index in [1.807, 2.05) is 13.0 Å². The van der Waals surface area contributed by atoms with Crippen LogP contribution in [0.1, 0.15) is 11.8 Å². The Balaban J connectivity index is 0.00000484. The molecule has 1 atom stereocenters. The maximum Gasteiger partial charge on any atom is 0.243 e. The lowest BCUT2D eigenvalue weighted by molar-refractivity contribution is -0.127. The molecule has 0 saturated heterocycles. The van der Waals surface area contributed by atoms with Gasteiger partial charge in [0.2, 0.25) is 5.91 Å². The Bertz CT molecular complexity index is 466. The molecule has 0 bridgehead atoms. The highest BCUT2D eigenvalue weighted by Gasteiger charge is 2.07. The van der Waals surface area contributed by atoms with Crippen molar-refractivity contribution in [2.75, 3.05) is 40.9 Å². The SMILES string of the molecule is COCC(C)NC(=NCC(=O)N(C)C)NCCc1cccs1.I. The van der Waals surface area contributed by atoms with E-state index in [9.17, 15) is 4.79 Å². The summed E-state index contributed by atoms with van der Waals surface area (Å²) in [6.07, 6.45) is 0.929. The fourth-order valence-electron chi connectivity index (χ4n) is 1.72. The molecular formula is C15H27IN4O2S.